The maximum Gasteiger partial charge on any atom is 0.269 e. The summed E-state index contributed by atoms with van der Waals surface area (Å²) in [5.41, 5.74) is 1.35. The van der Waals surface area contributed by atoms with E-state index < -0.39 is 10.8 Å². The molecule has 0 radical (unpaired) electrons. The lowest BCUT2D eigenvalue weighted by Crippen LogP contribution is -2.15. The van der Waals surface area contributed by atoms with Crippen LogP contribution in [0.25, 0.3) is 0 Å². The number of carbonyl (C=O) groups is 2. The van der Waals surface area contributed by atoms with E-state index in [9.17, 15) is 19.7 Å². The average Bonchev–Trinajstić information content (AvgIpc) is 2.69. The van der Waals surface area contributed by atoms with Crippen molar-refractivity contribution in [3.05, 3.63) is 104 Å². The first-order valence-electron chi connectivity index (χ1n) is 7.91. The number of nitrogens with zero attached hydrogens (tertiary/aromatic N) is 1. The number of nitro benzene ring substituents is 1. The van der Waals surface area contributed by atoms with Gasteiger partial charge in [0.05, 0.1) is 10.6 Å². The maximum absolute atomic E-state index is 12.8. The third-order valence-electron chi connectivity index (χ3n) is 3.85. The number of halogens is 1. The smallest absolute Gasteiger partial charge is 0.269 e. The molecule has 3 aromatic carbocycles. The molecule has 0 saturated carbocycles. The highest BCUT2D eigenvalue weighted by molar-refractivity contribution is 9.10. The Bertz CT molecular complexity index is 1020. The van der Waals surface area contributed by atoms with Crippen molar-refractivity contribution in [3.8, 4) is 0 Å². The Balaban J connectivity index is 1.89. The summed E-state index contributed by atoms with van der Waals surface area (Å²) < 4.78 is 0.704. The molecule has 7 heteroatoms. The second-order valence-corrected chi connectivity index (χ2v) is 6.56. The molecule has 0 bridgehead atoms. The molecule has 0 saturated heterocycles. The number of anilines is 1. The third-order valence-corrected chi connectivity index (χ3v) is 4.34. The van der Waals surface area contributed by atoms with Gasteiger partial charge in [0.1, 0.15) is 0 Å². The largest absolute Gasteiger partial charge is 0.321 e. The molecule has 0 heterocycles. The number of hydrogen-bond acceptors (Lipinski definition) is 4. The molecule has 27 heavy (non-hydrogen) atoms. The van der Waals surface area contributed by atoms with Gasteiger partial charge in [0, 0.05) is 33.3 Å². The van der Waals surface area contributed by atoms with Crippen LogP contribution in [0, 0.1) is 10.1 Å². The van der Waals surface area contributed by atoms with Crippen LogP contribution in [0.2, 0.25) is 0 Å². The van der Waals surface area contributed by atoms with E-state index in [1.807, 2.05) is 6.07 Å². The van der Waals surface area contributed by atoms with Gasteiger partial charge in [0.25, 0.3) is 11.6 Å². The first-order chi connectivity index (χ1) is 13.0. The molecular weight excluding hydrogens is 412 g/mol. The molecule has 1 amide bonds. The maximum atomic E-state index is 12.8. The Hall–Kier alpha value is -3.32. The van der Waals surface area contributed by atoms with Crippen molar-refractivity contribution >= 4 is 39.0 Å². The minimum Gasteiger partial charge on any atom is -0.321 e. The average molecular weight is 425 g/mol. The zero-order valence-electron chi connectivity index (χ0n) is 13.9. The number of amides is 1. The van der Waals surface area contributed by atoms with Gasteiger partial charge in [-0.15, -0.1) is 0 Å². The highest BCUT2D eigenvalue weighted by Crippen LogP contribution is 2.25. The number of nitrogens with one attached hydrogen (secondary N) is 1. The number of carbonyl (C=O) groups excluding carboxylic acids is 2. The zero-order valence-corrected chi connectivity index (χ0v) is 15.5. The first-order valence-corrected chi connectivity index (χ1v) is 8.70. The monoisotopic (exact) mass is 424 g/mol. The van der Waals surface area contributed by atoms with Crippen molar-refractivity contribution in [2.24, 2.45) is 0 Å². The van der Waals surface area contributed by atoms with Crippen molar-refractivity contribution in [2.45, 2.75) is 0 Å². The van der Waals surface area contributed by atoms with Crippen LogP contribution in [0.4, 0.5) is 11.4 Å². The quantitative estimate of drug-likeness (QED) is 0.360. The lowest BCUT2D eigenvalue weighted by atomic mass is 10.0. The van der Waals surface area contributed by atoms with Crippen LogP contribution >= 0.6 is 15.9 Å². The summed E-state index contributed by atoms with van der Waals surface area (Å²) in [5, 5.41) is 13.4. The second-order valence-electron chi connectivity index (χ2n) is 5.64. The fourth-order valence-corrected chi connectivity index (χ4v) is 2.85. The zero-order chi connectivity index (χ0) is 19.4. The van der Waals surface area contributed by atoms with Gasteiger partial charge in [-0.2, -0.15) is 0 Å². The second kappa shape index (κ2) is 7.92. The van der Waals surface area contributed by atoms with Crippen molar-refractivity contribution < 1.29 is 14.5 Å². The molecule has 0 unspecified atom stereocenters. The van der Waals surface area contributed by atoms with Gasteiger partial charge in [-0.3, -0.25) is 19.7 Å². The Kier molecular flexibility index (Phi) is 5.42. The lowest BCUT2D eigenvalue weighted by Gasteiger charge is -2.11. The summed E-state index contributed by atoms with van der Waals surface area (Å²) in [6, 6.07) is 19.0. The number of nitro groups is 1. The molecule has 0 aliphatic carbocycles. The van der Waals surface area contributed by atoms with E-state index in [-0.39, 0.29) is 17.0 Å². The van der Waals surface area contributed by atoms with Crippen LogP contribution in [0.15, 0.2) is 77.3 Å². The molecule has 0 aliphatic rings. The van der Waals surface area contributed by atoms with E-state index in [0.29, 0.717) is 21.3 Å². The van der Waals surface area contributed by atoms with Crippen LogP contribution in [0.1, 0.15) is 26.3 Å². The van der Waals surface area contributed by atoms with Gasteiger partial charge >= 0.3 is 0 Å². The topological polar surface area (TPSA) is 89.3 Å². The number of ketones is 1. The van der Waals surface area contributed by atoms with Crippen molar-refractivity contribution in [1.29, 1.82) is 0 Å². The van der Waals surface area contributed by atoms with E-state index in [0.717, 1.165) is 0 Å². The predicted molar refractivity (Wildman–Crippen MR) is 105 cm³/mol. The summed E-state index contributed by atoms with van der Waals surface area (Å²) in [5.74, 6) is -0.690. The summed E-state index contributed by atoms with van der Waals surface area (Å²) in [6.45, 7) is 0. The van der Waals surface area contributed by atoms with Crippen LogP contribution in [0.5, 0.6) is 0 Å². The van der Waals surface area contributed by atoms with Crippen LogP contribution in [-0.4, -0.2) is 16.6 Å². The molecule has 3 rings (SSSR count). The van der Waals surface area contributed by atoms with Gasteiger partial charge in [-0.1, -0.05) is 46.3 Å². The van der Waals surface area contributed by atoms with Crippen molar-refractivity contribution in [3.63, 3.8) is 0 Å². The van der Waals surface area contributed by atoms with Gasteiger partial charge in [0.15, 0.2) is 5.78 Å². The summed E-state index contributed by atoms with van der Waals surface area (Å²) >= 11 is 3.34. The molecule has 0 aliphatic heterocycles. The number of benzene rings is 3. The molecule has 3 aromatic rings. The van der Waals surface area contributed by atoms with E-state index >= 15 is 0 Å². The highest BCUT2D eigenvalue weighted by atomic mass is 79.9. The molecular formula is C20H13BrN2O4. The normalized spacial score (nSPS) is 10.3. The Morgan fingerprint density at radius 1 is 0.889 bits per heavy atom. The van der Waals surface area contributed by atoms with Crippen LogP contribution in [0.3, 0.4) is 0 Å². The van der Waals surface area contributed by atoms with E-state index in [4.69, 9.17) is 0 Å². The van der Waals surface area contributed by atoms with E-state index in [1.165, 1.54) is 24.3 Å². The van der Waals surface area contributed by atoms with Gasteiger partial charge in [-0.25, -0.2) is 0 Å². The number of rotatable bonds is 5. The molecule has 0 atom stereocenters. The summed E-state index contributed by atoms with van der Waals surface area (Å²) in [6.07, 6.45) is 0. The van der Waals surface area contributed by atoms with Crippen molar-refractivity contribution in [2.75, 3.05) is 5.32 Å². The Labute approximate surface area is 163 Å². The van der Waals surface area contributed by atoms with Crippen LogP contribution in [-0.2, 0) is 0 Å². The Morgan fingerprint density at radius 3 is 2.19 bits per heavy atom. The van der Waals surface area contributed by atoms with Crippen LogP contribution < -0.4 is 5.32 Å². The minimum atomic E-state index is -0.535. The first kappa shape index (κ1) is 18.5. The fraction of sp³-hybridized carbons (Fsp3) is 0. The molecule has 6 nitrogen and oxygen atoms in total. The summed E-state index contributed by atoms with van der Waals surface area (Å²) in [7, 11) is 0. The number of non-ortho nitro benzene ring substituents is 1. The third kappa shape index (κ3) is 4.27. The SMILES string of the molecule is O=C(Nc1ccc(Br)cc1C(=O)c1ccccc1)c1ccc([N+](=O)[O-])cc1. The van der Waals surface area contributed by atoms with E-state index in [2.05, 4.69) is 21.2 Å². The van der Waals surface area contributed by atoms with E-state index in [1.54, 1.807) is 42.5 Å². The molecule has 0 fully saturated rings. The fourth-order valence-electron chi connectivity index (χ4n) is 2.49. The molecule has 134 valence electrons. The predicted octanol–water partition coefficient (Wildman–Crippen LogP) is 4.84. The molecule has 1 N–H and O–H groups in total. The standard InChI is InChI=1S/C20H13BrN2O4/c21-15-8-11-18(17(12-15)19(24)13-4-2-1-3-5-13)22-20(25)14-6-9-16(10-7-14)23(26)27/h1-12H,(H,22,25). The minimum absolute atomic E-state index is 0.102. The summed E-state index contributed by atoms with van der Waals surface area (Å²) in [4.78, 5) is 35.5. The highest BCUT2D eigenvalue weighted by Gasteiger charge is 2.17. The lowest BCUT2D eigenvalue weighted by molar-refractivity contribution is -0.384. The number of hydrogen-bond donors (Lipinski definition) is 1. The van der Waals surface area contributed by atoms with Gasteiger partial charge in [-0.05, 0) is 30.3 Å². The Morgan fingerprint density at radius 2 is 1.56 bits per heavy atom. The molecule has 0 aromatic heterocycles. The van der Waals surface area contributed by atoms with Gasteiger partial charge < -0.3 is 5.32 Å². The van der Waals surface area contributed by atoms with Gasteiger partial charge in [0.2, 0.25) is 0 Å². The molecule has 0 spiro atoms. The van der Waals surface area contributed by atoms with Crippen molar-refractivity contribution in [1.82, 2.24) is 0 Å².